The van der Waals surface area contributed by atoms with Crippen molar-refractivity contribution < 1.29 is 29.0 Å². The van der Waals surface area contributed by atoms with E-state index in [1.54, 1.807) is 4.90 Å². The molecule has 3 N–H and O–H groups in total. The summed E-state index contributed by atoms with van der Waals surface area (Å²) in [6.07, 6.45) is 2.79. The monoisotopic (exact) mass is 457 g/mol. The van der Waals surface area contributed by atoms with E-state index in [1.165, 1.54) is 7.11 Å². The Balaban J connectivity index is 0.000000525. The zero-order valence-corrected chi connectivity index (χ0v) is 20.7. The lowest BCUT2D eigenvalue weighted by Crippen LogP contribution is -2.64. The fraction of sp³-hybridized carbons (Fsp3) is 0.826. The SMILES string of the molecule is C=O.CC.CC(C)(C)CC(=O)N1CCC(O)C1.COC(=O)C1CC2(C1)CN(CC(N)=O)C2. The third kappa shape index (κ3) is 9.65. The Morgan fingerprint density at radius 3 is 2.06 bits per heavy atom. The Bertz CT molecular complexity index is 605. The first-order valence-electron chi connectivity index (χ1n) is 11.3. The van der Waals surface area contributed by atoms with Gasteiger partial charge >= 0.3 is 5.97 Å². The molecule has 186 valence electrons. The lowest BCUT2D eigenvalue weighted by molar-refractivity contribution is -0.165. The van der Waals surface area contributed by atoms with E-state index in [1.807, 2.05) is 25.5 Å². The molecular weight excluding hydrogens is 414 g/mol. The topological polar surface area (TPSA) is 130 Å². The molecule has 0 aromatic rings. The van der Waals surface area contributed by atoms with Crippen molar-refractivity contribution in [1.82, 2.24) is 9.80 Å². The Kier molecular flexibility index (Phi) is 12.7. The van der Waals surface area contributed by atoms with E-state index in [-0.39, 0.29) is 40.6 Å². The third-order valence-electron chi connectivity index (χ3n) is 5.59. The van der Waals surface area contributed by atoms with Crippen LogP contribution in [0.25, 0.3) is 0 Å². The maximum Gasteiger partial charge on any atom is 0.308 e. The molecule has 0 bridgehead atoms. The number of nitrogens with two attached hydrogens (primary N) is 1. The summed E-state index contributed by atoms with van der Waals surface area (Å²) in [5.74, 6) is -0.141. The molecule has 2 aliphatic heterocycles. The maximum absolute atomic E-state index is 11.6. The summed E-state index contributed by atoms with van der Waals surface area (Å²) >= 11 is 0. The van der Waals surface area contributed by atoms with E-state index >= 15 is 0 Å². The van der Waals surface area contributed by atoms with Crippen LogP contribution in [-0.2, 0) is 23.9 Å². The molecule has 0 radical (unpaired) electrons. The van der Waals surface area contributed by atoms with Crippen LogP contribution >= 0.6 is 0 Å². The summed E-state index contributed by atoms with van der Waals surface area (Å²) in [6.45, 7) is 15.5. The lowest BCUT2D eigenvalue weighted by atomic mass is 9.58. The number of carbonyl (C=O) groups is 4. The van der Waals surface area contributed by atoms with Gasteiger partial charge in [0.1, 0.15) is 6.79 Å². The second-order valence-corrected chi connectivity index (χ2v) is 9.76. The van der Waals surface area contributed by atoms with Gasteiger partial charge in [-0.1, -0.05) is 34.6 Å². The molecule has 1 unspecified atom stereocenters. The molecule has 3 fully saturated rings. The summed E-state index contributed by atoms with van der Waals surface area (Å²) in [6, 6.07) is 0. The third-order valence-corrected chi connectivity index (χ3v) is 5.59. The Morgan fingerprint density at radius 2 is 1.69 bits per heavy atom. The first-order chi connectivity index (χ1) is 14.9. The number of hydrogen-bond donors (Lipinski definition) is 2. The first-order valence-corrected chi connectivity index (χ1v) is 11.3. The van der Waals surface area contributed by atoms with Crippen molar-refractivity contribution in [2.75, 3.05) is 39.8 Å². The summed E-state index contributed by atoms with van der Waals surface area (Å²) in [5, 5.41) is 9.25. The van der Waals surface area contributed by atoms with Gasteiger partial charge in [0.05, 0.1) is 25.7 Å². The fourth-order valence-electron chi connectivity index (χ4n) is 4.35. The fourth-order valence-corrected chi connectivity index (χ4v) is 4.35. The molecule has 3 rings (SSSR count). The highest BCUT2D eigenvalue weighted by Crippen LogP contribution is 2.51. The number of rotatable bonds is 4. The number of esters is 1. The standard InChI is InChI=1S/C10H16N2O3.C10H19NO2.C2H6.CH2O/c1-15-9(14)7-2-10(3-7)5-12(6-10)4-8(11)13;1-10(2,3)6-9(13)11-5-4-8(12)7-11;2*1-2/h7H,2-6H2,1H3,(H2,11,13);8,12H,4-7H2,1-3H3;1-2H3;1H2. The average molecular weight is 458 g/mol. The highest BCUT2D eigenvalue weighted by atomic mass is 16.5. The van der Waals surface area contributed by atoms with E-state index in [9.17, 15) is 19.5 Å². The number of primary amides is 1. The van der Waals surface area contributed by atoms with E-state index < -0.39 is 0 Å². The number of aliphatic hydroxyl groups is 1. The van der Waals surface area contributed by atoms with Crippen molar-refractivity contribution in [2.45, 2.75) is 66.4 Å². The summed E-state index contributed by atoms with van der Waals surface area (Å²) < 4.78 is 4.68. The molecule has 9 heteroatoms. The molecule has 1 spiro atoms. The van der Waals surface area contributed by atoms with Gasteiger partial charge in [0.25, 0.3) is 0 Å². The average Bonchev–Trinajstić information content (AvgIpc) is 3.11. The number of amides is 2. The van der Waals surface area contributed by atoms with E-state index in [0.717, 1.165) is 38.9 Å². The highest BCUT2D eigenvalue weighted by molar-refractivity contribution is 5.77. The van der Waals surface area contributed by atoms with Crippen LogP contribution in [0.5, 0.6) is 0 Å². The molecule has 1 saturated carbocycles. The lowest BCUT2D eigenvalue weighted by Gasteiger charge is -2.58. The molecular formula is C23H43N3O6. The van der Waals surface area contributed by atoms with Gasteiger partial charge in [-0.15, -0.1) is 0 Å². The van der Waals surface area contributed by atoms with Gasteiger partial charge in [-0.05, 0) is 30.1 Å². The number of nitrogens with zero attached hydrogens (tertiary/aromatic N) is 2. The van der Waals surface area contributed by atoms with Crippen LogP contribution < -0.4 is 5.73 Å². The Labute approximate surface area is 192 Å². The van der Waals surface area contributed by atoms with Crippen LogP contribution in [0.3, 0.4) is 0 Å². The summed E-state index contributed by atoms with van der Waals surface area (Å²) in [5.41, 5.74) is 5.41. The quantitative estimate of drug-likeness (QED) is 0.607. The normalized spacial score (nSPS) is 21.3. The van der Waals surface area contributed by atoms with Crippen molar-refractivity contribution >= 4 is 24.6 Å². The minimum Gasteiger partial charge on any atom is -0.469 e. The van der Waals surface area contributed by atoms with Crippen LogP contribution in [0.1, 0.15) is 60.3 Å². The van der Waals surface area contributed by atoms with Gasteiger partial charge < -0.3 is 25.3 Å². The molecule has 2 saturated heterocycles. The van der Waals surface area contributed by atoms with E-state index in [2.05, 4.69) is 25.5 Å². The van der Waals surface area contributed by atoms with E-state index in [4.69, 9.17) is 10.5 Å². The summed E-state index contributed by atoms with van der Waals surface area (Å²) in [7, 11) is 1.42. The molecule has 2 heterocycles. The predicted molar refractivity (Wildman–Crippen MR) is 123 cm³/mol. The molecule has 1 aliphatic carbocycles. The van der Waals surface area contributed by atoms with Crippen LogP contribution in [0.4, 0.5) is 0 Å². The minimum absolute atomic E-state index is 0.0463. The van der Waals surface area contributed by atoms with Gasteiger partial charge in [0, 0.05) is 32.6 Å². The maximum atomic E-state index is 11.6. The number of carbonyl (C=O) groups excluding carboxylic acids is 4. The Hall–Kier alpha value is -2.00. The number of likely N-dealkylation sites (tertiary alicyclic amines) is 2. The zero-order chi connectivity index (χ0) is 25.1. The zero-order valence-electron chi connectivity index (χ0n) is 20.7. The number of methoxy groups -OCH3 is 1. The van der Waals surface area contributed by atoms with Gasteiger partial charge in [-0.25, -0.2) is 0 Å². The first kappa shape index (κ1) is 30.0. The van der Waals surface area contributed by atoms with Crippen molar-refractivity contribution in [1.29, 1.82) is 0 Å². The number of aliphatic hydroxyl groups excluding tert-OH is 1. The largest absolute Gasteiger partial charge is 0.469 e. The van der Waals surface area contributed by atoms with Gasteiger partial charge in [-0.3, -0.25) is 19.3 Å². The van der Waals surface area contributed by atoms with Gasteiger partial charge in [0.15, 0.2) is 0 Å². The van der Waals surface area contributed by atoms with Gasteiger partial charge in [0.2, 0.25) is 11.8 Å². The molecule has 2 amide bonds. The molecule has 9 nitrogen and oxygen atoms in total. The van der Waals surface area contributed by atoms with Crippen LogP contribution in [0.2, 0.25) is 0 Å². The molecule has 3 aliphatic rings. The second kappa shape index (κ2) is 13.5. The van der Waals surface area contributed by atoms with E-state index in [0.29, 0.717) is 19.5 Å². The number of ether oxygens (including phenoxy) is 1. The smallest absolute Gasteiger partial charge is 0.308 e. The molecule has 32 heavy (non-hydrogen) atoms. The molecule has 0 aromatic carbocycles. The highest BCUT2D eigenvalue weighted by Gasteiger charge is 2.54. The van der Waals surface area contributed by atoms with Crippen LogP contribution in [0, 0.1) is 16.7 Å². The second-order valence-electron chi connectivity index (χ2n) is 9.76. The van der Waals surface area contributed by atoms with Crippen molar-refractivity contribution in [3.63, 3.8) is 0 Å². The predicted octanol–water partition coefficient (Wildman–Crippen LogP) is 1.21. The Morgan fingerprint density at radius 1 is 1.16 bits per heavy atom. The van der Waals surface area contributed by atoms with Crippen LogP contribution in [0.15, 0.2) is 0 Å². The van der Waals surface area contributed by atoms with Crippen molar-refractivity contribution in [3.05, 3.63) is 0 Å². The summed E-state index contributed by atoms with van der Waals surface area (Å²) in [4.78, 5) is 45.2. The van der Waals surface area contributed by atoms with Crippen molar-refractivity contribution in [3.8, 4) is 0 Å². The van der Waals surface area contributed by atoms with Gasteiger partial charge in [-0.2, -0.15) is 0 Å². The minimum atomic E-state index is -0.302. The van der Waals surface area contributed by atoms with Crippen molar-refractivity contribution in [2.24, 2.45) is 22.5 Å². The van der Waals surface area contributed by atoms with Crippen LogP contribution in [-0.4, -0.2) is 85.4 Å². The number of β-amino-alcohol motifs (C(OH)–C–C–N with tert-alkyl or cyclic N) is 1. The number of hydrogen-bond acceptors (Lipinski definition) is 7. The molecule has 0 aromatic heterocycles. The molecule has 1 atom stereocenters.